The van der Waals surface area contributed by atoms with E-state index in [1.807, 2.05) is 25.1 Å². The standard InChI is InChI=1S/C20H21BrN4O3S/c1-14(19-22-18-8-3-2-7-17(18)20(26)23-19)24-9-11-25(12-10-24)29(27,28)16-6-4-5-15(21)13-16/h2-8,13-14H,9-12H2,1H3,(H,22,23,26)/t14-/m1/s1. The highest BCUT2D eigenvalue weighted by atomic mass is 79.9. The topological polar surface area (TPSA) is 86.4 Å². The van der Waals surface area contributed by atoms with Crippen LogP contribution in [0.1, 0.15) is 18.8 Å². The minimum absolute atomic E-state index is 0.122. The van der Waals surface area contributed by atoms with E-state index in [-0.39, 0.29) is 16.5 Å². The van der Waals surface area contributed by atoms with Crippen molar-refractivity contribution in [2.75, 3.05) is 26.2 Å². The molecule has 0 unspecified atom stereocenters. The number of para-hydroxylation sites is 1. The molecule has 0 bridgehead atoms. The lowest BCUT2D eigenvalue weighted by atomic mass is 10.2. The highest BCUT2D eigenvalue weighted by Gasteiger charge is 2.31. The molecule has 2 aromatic carbocycles. The molecule has 9 heteroatoms. The quantitative estimate of drug-likeness (QED) is 0.625. The van der Waals surface area contributed by atoms with Gasteiger partial charge in [-0.1, -0.05) is 34.1 Å². The first-order valence-electron chi connectivity index (χ1n) is 9.35. The molecule has 0 amide bonds. The highest BCUT2D eigenvalue weighted by molar-refractivity contribution is 9.10. The second kappa shape index (κ2) is 7.98. The molecule has 3 aromatic rings. The number of nitrogens with one attached hydrogen (secondary N) is 1. The summed E-state index contributed by atoms with van der Waals surface area (Å²) in [4.78, 5) is 22.3. The average Bonchev–Trinajstić information content (AvgIpc) is 2.73. The molecule has 29 heavy (non-hydrogen) atoms. The molecular formula is C20H21BrN4O3S. The lowest BCUT2D eigenvalue weighted by Gasteiger charge is -2.37. The van der Waals surface area contributed by atoms with E-state index in [1.54, 1.807) is 30.3 Å². The zero-order chi connectivity index (χ0) is 20.6. The Balaban J connectivity index is 1.50. The molecule has 7 nitrogen and oxygen atoms in total. The third-order valence-corrected chi connectivity index (χ3v) is 7.67. The Hall–Kier alpha value is -2.07. The molecular weight excluding hydrogens is 456 g/mol. The Kier molecular flexibility index (Phi) is 5.56. The van der Waals surface area contributed by atoms with Crippen molar-refractivity contribution in [1.82, 2.24) is 19.2 Å². The Morgan fingerprint density at radius 3 is 2.52 bits per heavy atom. The van der Waals surface area contributed by atoms with E-state index in [4.69, 9.17) is 0 Å². The summed E-state index contributed by atoms with van der Waals surface area (Å²) in [5, 5.41) is 0.563. The zero-order valence-corrected chi connectivity index (χ0v) is 18.3. The largest absolute Gasteiger partial charge is 0.309 e. The van der Waals surface area contributed by atoms with Gasteiger partial charge in [-0.3, -0.25) is 9.69 Å². The van der Waals surface area contributed by atoms with Crippen LogP contribution >= 0.6 is 15.9 Å². The predicted octanol–water partition coefficient (Wildman–Crippen LogP) is 2.75. The van der Waals surface area contributed by atoms with Crippen LogP contribution in [0.3, 0.4) is 0 Å². The number of fused-ring (bicyclic) bond motifs is 1. The van der Waals surface area contributed by atoms with Gasteiger partial charge in [0, 0.05) is 30.7 Å². The number of piperazine rings is 1. The van der Waals surface area contributed by atoms with Crippen LogP contribution in [0.25, 0.3) is 10.9 Å². The minimum Gasteiger partial charge on any atom is -0.309 e. The summed E-state index contributed by atoms with van der Waals surface area (Å²) >= 11 is 3.33. The number of aromatic nitrogens is 2. The van der Waals surface area contributed by atoms with E-state index < -0.39 is 10.0 Å². The minimum atomic E-state index is -3.53. The number of halogens is 1. The first kappa shape index (κ1) is 20.2. The average molecular weight is 477 g/mol. The van der Waals surface area contributed by atoms with Crippen LogP contribution in [0.15, 0.2) is 62.7 Å². The molecule has 1 aliphatic heterocycles. The Labute approximate surface area is 177 Å². The van der Waals surface area contributed by atoms with Crippen LogP contribution in [-0.2, 0) is 10.0 Å². The number of aromatic amines is 1. The highest BCUT2D eigenvalue weighted by Crippen LogP contribution is 2.24. The summed E-state index contributed by atoms with van der Waals surface area (Å²) in [5.41, 5.74) is 0.502. The van der Waals surface area contributed by atoms with Crippen molar-refractivity contribution in [3.05, 3.63) is 69.2 Å². The van der Waals surface area contributed by atoms with E-state index in [9.17, 15) is 13.2 Å². The van der Waals surface area contributed by atoms with Gasteiger partial charge in [0.2, 0.25) is 10.0 Å². The summed E-state index contributed by atoms with van der Waals surface area (Å²) in [5.74, 6) is 0.594. The zero-order valence-electron chi connectivity index (χ0n) is 15.9. The Bertz CT molecular complexity index is 1200. The summed E-state index contributed by atoms with van der Waals surface area (Å²) < 4.78 is 28.0. The van der Waals surface area contributed by atoms with Gasteiger partial charge in [0.1, 0.15) is 5.82 Å². The van der Waals surface area contributed by atoms with E-state index in [1.165, 1.54) is 4.31 Å². The normalized spacial score (nSPS) is 17.4. The van der Waals surface area contributed by atoms with Gasteiger partial charge in [-0.15, -0.1) is 0 Å². The second-order valence-electron chi connectivity index (χ2n) is 7.04. The summed E-state index contributed by atoms with van der Waals surface area (Å²) in [6, 6.07) is 13.9. The molecule has 4 rings (SSSR count). The monoisotopic (exact) mass is 476 g/mol. The fraction of sp³-hybridized carbons (Fsp3) is 0.300. The molecule has 1 aromatic heterocycles. The van der Waals surface area contributed by atoms with Gasteiger partial charge in [-0.05, 0) is 37.3 Å². The number of benzene rings is 2. The molecule has 2 heterocycles. The van der Waals surface area contributed by atoms with E-state index in [2.05, 4.69) is 30.8 Å². The number of nitrogens with zero attached hydrogens (tertiary/aromatic N) is 3. The van der Waals surface area contributed by atoms with Crippen LogP contribution in [0.5, 0.6) is 0 Å². The maximum absolute atomic E-state index is 12.9. The van der Waals surface area contributed by atoms with E-state index >= 15 is 0 Å². The van der Waals surface area contributed by atoms with Crippen LogP contribution in [0.2, 0.25) is 0 Å². The van der Waals surface area contributed by atoms with E-state index in [0.717, 1.165) is 4.47 Å². The van der Waals surface area contributed by atoms with Gasteiger partial charge in [0.15, 0.2) is 0 Å². The van der Waals surface area contributed by atoms with Gasteiger partial charge >= 0.3 is 0 Å². The summed E-state index contributed by atoms with van der Waals surface area (Å²) in [6.45, 7) is 3.87. The Morgan fingerprint density at radius 1 is 1.07 bits per heavy atom. The molecule has 0 saturated carbocycles. The summed E-state index contributed by atoms with van der Waals surface area (Å²) in [6.07, 6.45) is 0. The van der Waals surface area contributed by atoms with Gasteiger partial charge < -0.3 is 4.98 Å². The molecule has 1 fully saturated rings. The fourth-order valence-corrected chi connectivity index (χ4v) is 5.60. The molecule has 1 N–H and O–H groups in total. The lowest BCUT2D eigenvalue weighted by Crippen LogP contribution is -2.49. The molecule has 1 atom stereocenters. The van der Waals surface area contributed by atoms with E-state index in [0.29, 0.717) is 42.9 Å². The SMILES string of the molecule is C[C@H](c1nc2ccccc2c(=O)[nH]1)N1CCN(S(=O)(=O)c2cccc(Br)c2)CC1. The van der Waals surface area contributed by atoms with Crippen molar-refractivity contribution in [2.45, 2.75) is 17.9 Å². The van der Waals surface area contributed by atoms with Crippen molar-refractivity contribution in [3.8, 4) is 0 Å². The number of H-pyrrole nitrogens is 1. The molecule has 0 spiro atoms. The molecule has 0 aliphatic carbocycles. The lowest BCUT2D eigenvalue weighted by molar-refractivity contribution is 0.141. The van der Waals surface area contributed by atoms with Crippen molar-refractivity contribution >= 4 is 36.9 Å². The van der Waals surface area contributed by atoms with Crippen molar-refractivity contribution < 1.29 is 8.42 Å². The van der Waals surface area contributed by atoms with Crippen LogP contribution in [0, 0.1) is 0 Å². The first-order chi connectivity index (χ1) is 13.9. The molecule has 1 saturated heterocycles. The second-order valence-corrected chi connectivity index (χ2v) is 9.90. The molecule has 0 radical (unpaired) electrons. The fourth-order valence-electron chi connectivity index (χ4n) is 3.58. The smallest absolute Gasteiger partial charge is 0.258 e. The van der Waals surface area contributed by atoms with Crippen LogP contribution < -0.4 is 5.56 Å². The van der Waals surface area contributed by atoms with Gasteiger partial charge in [-0.25, -0.2) is 13.4 Å². The van der Waals surface area contributed by atoms with Crippen molar-refractivity contribution in [1.29, 1.82) is 0 Å². The predicted molar refractivity (Wildman–Crippen MR) is 115 cm³/mol. The maximum Gasteiger partial charge on any atom is 0.258 e. The summed E-state index contributed by atoms with van der Waals surface area (Å²) in [7, 11) is -3.53. The number of sulfonamides is 1. The number of rotatable bonds is 4. The third kappa shape index (κ3) is 4.00. The van der Waals surface area contributed by atoms with Gasteiger partial charge in [0.05, 0.1) is 21.8 Å². The number of hydrogen-bond acceptors (Lipinski definition) is 5. The first-order valence-corrected chi connectivity index (χ1v) is 11.6. The van der Waals surface area contributed by atoms with Gasteiger partial charge in [0.25, 0.3) is 5.56 Å². The molecule has 152 valence electrons. The number of hydrogen-bond donors (Lipinski definition) is 1. The van der Waals surface area contributed by atoms with Crippen LogP contribution in [0.4, 0.5) is 0 Å². The Morgan fingerprint density at radius 2 is 1.79 bits per heavy atom. The third-order valence-electron chi connectivity index (χ3n) is 5.28. The van der Waals surface area contributed by atoms with Crippen molar-refractivity contribution in [3.63, 3.8) is 0 Å². The van der Waals surface area contributed by atoms with Crippen LogP contribution in [-0.4, -0.2) is 53.8 Å². The van der Waals surface area contributed by atoms with Gasteiger partial charge in [-0.2, -0.15) is 4.31 Å². The maximum atomic E-state index is 12.9. The van der Waals surface area contributed by atoms with Crippen molar-refractivity contribution in [2.24, 2.45) is 0 Å². The molecule has 1 aliphatic rings.